The summed E-state index contributed by atoms with van der Waals surface area (Å²) in [5, 5.41) is 9.99. The van der Waals surface area contributed by atoms with Gasteiger partial charge in [0.25, 0.3) is 0 Å². The quantitative estimate of drug-likeness (QED) is 0.743. The Bertz CT molecular complexity index is 367. The minimum Gasteiger partial charge on any atom is -0.339 e. The van der Waals surface area contributed by atoms with Gasteiger partial charge < -0.3 is 5.32 Å². The molecule has 0 aliphatic heterocycles. The molecule has 0 fully saturated rings. The molecule has 0 saturated carbocycles. The SMILES string of the molecule is CC(C)C(C#N)NC(=O)C(C)S(C)(=O)=O. The van der Waals surface area contributed by atoms with Gasteiger partial charge >= 0.3 is 0 Å². The van der Waals surface area contributed by atoms with Gasteiger partial charge in [0.1, 0.15) is 11.3 Å². The number of carbonyl (C=O) groups is 1. The number of sulfone groups is 1. The molecule has 2 atom stereocenters. The van der Waals surface area contributed by atoms with Crippen molar-refractivity contribution >= 4 is 15.7 Å². The van der Waals surface area contributed by atoms with Gasteiger partial charge in [0, 0.05) is 6.26 Å². The summed E-state index contributed by atoms with van der Waals surface area (Å²) in [4.78, 5) is 11.4. The maximum Gasteiger partial charge on any atom is 0.239 e. The van der Waals surface area contributed by atoms with Crippen LogP contribution in [0.15, 0.2) is 0 Å². The third-order valence-corrected chi connectivity index (χ3v) is 3.61. The van der Waals surface area contributed by atoms with Crippen molar-refractivity contribution in [3.63, 3.8) is 0 Å². The van der Waals surface area contributed by atoms with E-state index in [0.29, 0.717) is 0 Å². The Morgan fingerprint density at radius 2 is 1.80 bits per heavy atom. The number of nitrogens with zero attached hydrogens (tertiary/aromatic N) is 1. The fourth-order valence-electron chi connectivity index (χ4n) is 0.813. The minimum atomic E-state index is -3.40. The fraction of sp³-hybridized carbons (Fsp3) is 0.778. The maximum absolute atomic E-state index is 11.4. The van der Waals surface area contributed by atoms with Gasteiger partial charge in [-0.05, 0) is 12.8 Å². The van der Waals surface area contributed by atoms with E-state index in [1.165, 1.54) is 6.92 Å². The van der Waals surface area contributed by atoms with Gasteiger partial charge in [-0.25, -0.2) is 8.42 Å². The van der Waals surface area contributed by atoms with Crippen molar-refractivity contribution in [2.24, 2.45) is 5.92 Å². The molecule has 0 aromatic rings. The van der Waals surface area contributed by atoms with Crippen molar-refractivity contribution in [3.8, 4) is 6.07 Å². The zero-order valence-electron chi connectivity index (χ0n) is 9.31. The Morgan fingerprint density at radius 3 is 2.07 bits per heavy atom. The van der Waals surface area contributed by atoms with Crippen LogP contribution in [-0.4, -0.2) is 31.9 Å². The normalized spacial score (nSPS) is 15.5. The van der Waals surface area contributed by atoms with Crippen molar-refractivity contribution in [1.29, 1.82) is 5.26 Å². The average Bonchev–Trinajstić information content (AvgIpc) is 2.10. The first-order valence-electron chi connectivity index (χ1n) is 4.59. The highest BCUT2D eigenvalue weighted by Gasteiger charge is 2.26. The molecule has 1 amide bonds. The van der Waals surface area contributed by atoms with Crippen LogP contribution in [0, 0.1) is 17.2 Å². The molecule has 5 nitrogen and oxygen atoms in total. The summed E-state index contributed by atoms with van der Waals surface area (Å²) in [6.07, 6.45) is 0.994. The molecular formula is C9H16N2O3S. The van der Waals surface area contributed by atoms with Crippen molar-refractivity contribution in [2.45, 2.75) is 32.1 Å². The lowest BCUT2D eigenvalue weighted by Gasteiger charge is -2.17. The molecule has 6 heteroatoms. The Labute approximate surface area is 90.4 Å². The summed E-state index contributed by atoms with van der Waals surface area (Å²) in [7, 11) is -3.40. The lowest BCUT2D eigenvalue weighted by Crippen LogP contribution is -2.44. The van der Waals surface area contributed by atoms with Crippen LogP contribution in [0.4, 0.5) is 0 Å². The van der Waals surface area contributed by atoms with Gasteiger partial charge in [-0.15, -0.1) is 0 Å². The van der Waals surface area contributed by atoms with Gasteiger partial charge in [-0.1, -0.05) is 13.8 Å². The van der Waals surface area contributed by atoms with Gasteiger partial charge in [-0.3, -0.25) is 4.79 Å². The van der Waals surface area contributed by atoms with E-state index >= 15 is 0 Å². The summed E-state index contributed by atoms with van der Waals surface area (Å²) < 4.78 is 22.1. The second kappa shape index (κ2) is 5.12. The van der Waals surface area contributed by atoms with E-state index in [1.54, 1.807) is 13.8 Å². The van der Waals surface area contributed by atoms with E-state index in [9.17, 15) is 13.2 Å². The molecule has 15 heavy (non-hydrogen) atoms. The van der Waals surface area contributed by atoms with Crippen LogP contribution in [0.3, 0.4) is 0 Å². The van der Waals surface area contributed by atoms with Crippen molar-refractivity contribution in [2.75, 3.05) is 6.26 Å². The van der Waals surface area contributed by atoms with Crippen molar-refractivity contribution < 1.29 is 13.2 Å². The summed E-state index contributed by atoms with van der Waals surface area (Å²) in [6, 6.07) is 1.26. The molecule has 0 bridgehead atoms. The van der Waals surface area contributed by atoms with E-state index < -0.39 is 27.0 Å². The highest BCUT2D eigenvalue weighted by atomic mass is 32.2. The molecule has 86 valence electrons. The average molecular weight is 232 g/mol. The first-order chi connectivity index (χ1) is 6.70. The van der Waals surface area contributed by atoms with Gasteiger partial charge in [0.05, 0.1) is 6.07 Å². The van der Waals surface area contributed by atoms with Crippen LogP contribution in [0.25, 0.3) is 0 Å². The molecule has 0 aliphatic carbocycles. The fourth-order valence-corrected chi connectivity index (χ4v) is 1.27. The molecule has 0 aliphatic rings. The Balaban J connectivity index is 4.58. The number of rotatable bonds is 4. The van der Waals surface area contributed by atoms with E-state index in [4.69, 9.17) is 5.26 Å². The molecule has 0 radical (unpaired) electrons. The second-order valence-electron chi connectivity index (χ2n) is 3.83. The van der Waals surface area contributed by atoms with E-state index in [1.807, 2.05) is 6.07 Å². The molecule has 0 rings (SSSR count). The van der Waals surface area contributed by atoms with Gasteiger partial charge in [0.15, 0.2) is 9.84 Å². The largest absolute Gasteiger partial charge is 0.339 e. The van der Waals surface area contributed by atoms with Gasteiger partial charge in [-0.2, -0.15) is 5.26 Å². The van der Waals surface area contributed by atoms with E-state index in [0.717, 1.165) is 6.26 Å². The summed E-state index contributed by atoms with van der Waals surface area (Å²) in [5.41, 5.74) is 0. The number of hydrogen-bond donors (Lipinski definition) is 1. The van der Waals surface area contributed by atoms with Crippen LogP contribution in [0.1, 0.15) is 20.8 Å². The highest BCUT2D eigenvalue weighted by Crippen LogP contribution is 2.03. The van der Waals surface area contributed by atoms with Gasteiger partial charge in [0.2, 0.25) is 5.91 Å². The lowest BCUT2D eigenvalue weighted by atomic mass is 10.1. The summed E-state index contributed by atoms with van der Waals surface area (Å²) >= 11 is 0. The molecule has 0 saturated heterocycles. The molecular weight excluding hydrogens is 216 g/mol. The molecule has 0 spiro atoms. The zero-order valence-corrected chi connectivity index (χ0v) is 10.1. The Hall–Kier alpha value is -1.09. The first kappa shape index (κ1) is 13.9. The first-order valence-corrected chi connectivity index (χ1v) is 6.54. The summed E-state index contributed by atoms with van der Waals surface area (Å²) in [5.74, 6) is -0.677. The van der Waals surface area contributed by atoms with E-state index in [2.05, 4.69) is 5.32 Å². The van der Waals surface area contributed by atoms with Crippen LogP contribution in [0.5, 0.6) is 0 Å². The van der Waals surface area contributed by atoms with Crippen molar-refractivity contribution in [1.82, 2.24) is 5.32 Å². The number of nitriles is 1. The zero-order chi connectivity index (χ0) is 12.2. The third-order valence-electron chi connectivity index (χ3n) is 2.11. The molecule has 2 unspecified atom stereocenters. The molecule has 1 N–H and O–H groups in total. The molecule has 0 aromatic heterocycles. The minimum absolute atomic E-state index is 0.0503. The standard InChI is InChI=1S/C9H16N2O3S/c1-6(2)8(5-10)11-9(12)7(3)15(4,13)14/h6-8H,1-4H3,(H,11,12). The van der Waals surface area contributed by atoms with Crippen LogP contribution < -0.4 is 5.32 Å². The number of nitrogens with one attached hydrogen (secondary N) is 1. The number of amides is 1. The lowest BCUT2D eigenvalue weighted by molar-refractivity contribution is -0.121. The number of carbonyl (C=O) groups excluding carboxylic acids is 1. The van der Waals surface area contributed by atoms with Crippen LogP contribution >= 0.6 is 0 Å². The molecule has 0 heterocycles. The Kier molecular flexibility index (Phi) is 4.75. The third kappa shape index (κ3) is 4.30. The van der Waals surface area contributed by atoms with Crippen LogP contribution in [0.2, 0.25) is 0 Å². The highest BCUT2D eigenvalue weighted by molar-refractivity contribution is 7.92. The van der Waals surface area contributed by atoms with Crippen LogP contribution in [-0.2, 0) is 14.6 Å². The Morgan fingerprint density at radius 1 is 1.33 bits per heavy atom. The smallest absolute Gasteiger partial charge is 0.239 e. The predicted molar refractivity (Wildman–Crippen MR) is 56.7 cm³/mol. The monoisotopic (exact) mass is 232 g/mol. The maximum atomic E-state index is 11.4. The van der Waals surface area contributed by atoms with E-state index in [-0.39, 0.29) is 5.92 Å². The second-order valence-corrected chi connectivity index (χ2v) is 6.20. The topological polar surface area (TPSA) is 87.0 Å². The summed E-state index contributed by atoms with van der Waals surface area (Å²) in [6.45, 7) is 4.86. The predicted octanol–water partition coefficient (Wildman–Crippen LogP) is 0.0839. The number of hydrogen-bond acceptors (Lipinski definition) is 4. The molecule has 0 aromatic carbocycles. The van der Waals surface area contributed by atoms with Crippen molar-refractivity contribution in [3.05, 3.63) is 0 Å².